The SMILES string of the molecule is OC(Cc1nc(-c2ccccc2)cs1)C1C2CCCC21. The maximum atomic E-state index is 10.4. The lowest BCUT2D eigenvalue weighted by molar-refractivity contribution is 0.135. The summed E-state index contributed by atoms with van der Waals surface area (Å²) in [7, 11) is 0. The summed E-state index contributed by atoms with van der Waals surface area (Å²) in [5.41, 5.74) is 2.20. The highest BCUT2D eigenvalue weighted by atomic mass is 32.1. The van der Waals surface area contributed by atoms with Gasteiger partial charge in [0.1, 0.15) is 0 Å². The van der Waals surface area contributed by atoms with Crippen LogP contribution >= 0.6 is 11.3 Å². The predicted molar refractivity (Wildman–Crippen MR) is 81.6 cm³/mol. The van der Waals surface area contributed by atoms with Crippen molar-refractivity contribution in [3.63, 3.8) is 0 Å². The van der Waals surface area contributed by atoms with Crippen LogP contribution in [0, 0.1) is 17.8 Å². The number of hydrogen-bond donors (Lipinski definition) is 1. The van der Waals surface area contributed by atoms with E-state index in [1.54, 1.807) is 11.3 Å². The second-order valence-electron chi connectivity index (χ2n) is 6.10. The Kier molecular flexibility index (Phi) is 3.12. The van der Waals surface area contributed by atoms with Gasteiger partial charge in [0.15, 0.2) is 0 Å². The molecule has 0 radical (unpaired) electrons. The molecule has 0 spiro atoms. The molecule has 2 saturated carbocycles. The van der Waals surface area contributed by atoms with Gasteiger partial charge >= 0.3 is 0 Å². The summed E-state index contributed by atoms with van der Waals surface area (Å²) < 4.78 is 0. The Bertz CT molecular complexity index is 584. The lowest BCUT2D eigenvalue weighted by Crippen LogP contribution is -2.16. The van der Waals surface area contributed by atoms with E-state index in [9.17, 15) is 5.11 Å². The minimum absolute atomic E-state index is 0.180. The molecule has 20 heavy (non-hydrogen) atoms. The van der Waals surface area contributed by atoms with Gasteiger partial charge in [-0.25, -0.2) is 4.98 Å². The Labute approximate surface area is 123 Å². The molecule has 3 unspecified atom stereocenters. The van der Waals surface area contributed by atoms with Crippen LogP contribution in [0.25, 0.3) is 11.3 Å². The van der Waals surface area contributed by atoms with Gasteiger partial charge in [0, 0.05) is 17.4 Å². The summed E-state index contributed by atoms with van der Waals surface area (Å²) in [5, 5.41) is 13.6. The van der Waals surface area contributed by atoms with Crippen molar-refractivity contribution in [2.24, 2.45) is 17.8 Å². The Morgan fingerprint density at radius 3 is 2.70 bits per heavy atom. The molecule has 2 nitrogen and oxygen atoms in total. The van der Waals surface area contributed by atoms with Crippen LogP contribution in [0.15, 0.2) is 35.7 Å². The van der Waals surface area contributed by atoms with Crippen molar-refractivity contribution in [3.05, 3.63) is 40.7 Å². The molecule has 2 fully saturated rings. The molecule has 2 aromatic rings. The maximum absolute atomic E-state index is 10.4. The summed E-state index contributed by atoms with van der Waals surface area (Å²) >= 11 is 1.67. The topological polar surface area (TPSA) is 33.1 Å². The van der Waals surface area contributed by atoms with Crippen LogP contribution in [0.4, 0.5) is 0 Å². The van der Waals surface area contributed by atoms with Gasteiger partial charge in [-0.05, 0) is 30.6 Å². The third-order valence-corrected chi connectivity index (χ3v) is 5.79. The quantitative estimate of drug-likeness (QED) is 0.928. The third-order valence-electron chi connectivity index (χ3n) is 4.92. The first-order valence-electron chi connectivity index (χ1n) is 7.51. The highest BCUT2D eigenvalue weighted by molar-refractivity contribution is 7.09. The molecule has 1 heterocycles. The molecular formula is C17H19NOS. The minimum atomic E-state index is -0.180. The predicted octanol–water partition coefficient (Wildman–Crippen LogP) is 3.76. The molecule has 1 N–H and O–H groups in total. The van der Waals surface area contributed by atoms with E-state index in [0.29, 0.717) is 5.92 Å². The summed E-state index contributed by atoms with van der Waals surface area (Å²) in [5.74, 6) is 2.20. The monoisotopic (exact) mass is 285 g/mol. The summed E-state index contributed by atoms with van der Waals surface area (Å²) in [6, 6.07) is 10.3. The van der Waals surface area contributed by atoms with Crippen molar-refractivity contribution >= 4 is 11.3 Å². The molecule has 0 aliphatic heterocycles. The number of aliphatic hydroxyl groups is 1. The fraction of sp³-hybridized carbons (Fsp3) is 0.471. The summed E-state index contributed by atoms with van der Waals surface area (Å²) in [4.78, 5) is 4.68. The van der Waals surface area contributed by atoms with E-state index < -0.39 is 0 Å². The molecule has 1 aromatic heterocycles. The van der Waals surface area contributed by atoms with Gasteiger partial charge < -0.3 is 5.11 Å². The van der Waals surface area contributed by atoms with Crippen molar-refractivity contribution in [2.75, 3.05) is 0 Å². The fourth-order valence-corrected chi connectivity index (χ4v) is 4.76. The van der Waals surface area contributed by atoms with Crippen LogP contribution in [0.3, 0.4) is 0 Å². The Morgan fingerprint density at radius 1 is 1.20 bits per heavy atom. The number of fused-ring (bicyclic) bond motifs is 1. The molecule has 2 aliphatic rings. The number of benzene rings is 1. The highest BCUT2D eigenvalue weighted by Crippen LogP contribution is 2.59. The lowest BCUT2D eigenvalue weighted by atomic mass is 10.0. The molecular weight excluding hydrogens is 266 g/mol. The first kappa shape index (κ1) is 12.5. The van der Waals surface area contributed by atoms with Gasteiger partial charge in [0.05, 0.1) is 16.8 Å². The zero-order chi connectivity index (χ0) is 13.5. The van der Waals surface area contributed by atoms with Crippen LogP contribution in [-0.2, 0) is 6.42 Å². The second-order valence-corrected chi connectivity index (χ2v) is 7.04. The van der Waals surface area contributed by atoms with Crippen LogP contribution in [0.2, 0.25) is 0 Å². The fourth-order valence-electron chi connectivity index (χ4n) is 3.91. The molecule has 3 heteroatoms. The molecule has 3 atom stereocenters. The summed E-state index contributed by atoms with van der Waals surface area (Å²) in [6.07, 6.45) is 4.59. The van der Waals surface area contributed by atoms with E-state index in [1.165, 1.54) is 19.3 Å². The average Bonchev–Trinajstić information content (AvgIpc) is 2.85. The second kappa shape index (κ2) is 4.97. The zero-order valence-corrected chi connectivity index (χ0v) is 12.2. The van der Waals surface area contributed by atoms with Gasteiger partial charge in [0.25, 0.3) is 0 Å². The number of aromatic nitrogens is 1. The van der Waals surface area contributed by atoms with Gasteiger partial charge in [-0.1, -0.05) is 36.8 Å². The molecule has 104 valence electrons. The number of thiazole rings is 1. The number of nitrogens with zero attached hydrogens (tertiary/aromatic N) is 1. The van der Waals surface area contributed by atoms with Gasteiger partial charge in [-0.15, -0.1) is 11.3 Å². The van der Waals surface area contributed by atoms with Crippen LogP contribution < -0.4 is 0 Å². The minimum Gasteiger partial charge on any atom is -0.392 e. The normalized spacial score (nSPS) is 29.1. The summed E-state index contributed by atoms with van der Waals surface area (Å²) in [6.45, 7) is 0. The van der Waals surface area contributed by atoms with Crippen LogP contribution in [0.5, 0.6) is 0 Å². The van der Waals surface area contributed by atoms with Crippen molar-refractivity contribution in [1.29, 1.82) is 0 Å². The first-order chi connectivity index (χ1) is 9.83. The van der Waals surface area contributed by atoms with E-state index in [0.717, 1.165) is 34.5 Å². The third kappa shape index (κ3) is 2.19. The Balaban J connectivity index is 1.44. The van der Waals surface area contributed by atoms with Crippen molar-refractivity contribution in [2.45, 2.75) is 31.8 Å². The van der Waals surface area contributed by atoms with E-state index in [-0.39, 0.29) is 6.10 Å². The smallest absolute Gasteiger partial charge is 0.0958 e. The molecule has 4 rings (SSSR count). The molecule has 0 saturated heterocycles. The highest BCUT2D eigenvalue weighted by Gasteiger charge is 2.55. The Morgan fingerprint density at radius 2 is 1.95 bits per heavy atom. The molecule has 0 bridgehead atoms. The van der Waals surface area contributed by atoms with Crippen molar-refractivity contribution in [1.82, 2.24) is 4.98 Å². The standard InChI is InChI=1S/C17H19NOS/c19-15(17-12-7-4-8-13(12)17)9-16-18-14(10-20-16)11-5-2-1-3-6-11/h1-3,5-6,10,12-13,15,17,19H,4,7-9H2. The van der Waals surface area contributed by atoms with E-state index >= 15 is 0 Å². The van der Waals surface area contributed by atoms with Gasteiger partial charge in [-0.2, -0.15) is 0 Å². The van der Waals surface area contributed by atoms with E-state index in [4.69, 9.17) is 0 Å². The lowest BCUT2D eigenvalue weighted by Gasteiger charge is -2.10. The van der Waals surface area contributed by atoms with Gasteiger partial charge in [0.2, 0.25) is 0 Å². The van der Waals surface area contributed by atoms with Crippen LogP contribution in [0.1, 0.15) is 24.3 Å². The average molecular weight is 285 g/mol. The Hall–Kier alpha value is -1.19. The number of rotatable bonds is 4. The van der Waals surface area contributed by atoms with E-state index in [1.807, 2.05) is 18.2 Å². The van der Waals surface area contributed by atoms with Crippen molar-refractivity contribution < 1.29 is 5.11 Å². The number of aliphatic hydroxyl groups excluding tert-OH is 1. The first-order valence-corrected chi connectivity index (χ1v) is 8.39. The van der Waals surface area contributed by atoms with Gasteiger partial charge in [-0.3, -0.25) is 0 Å². The largest absolute Gasteiger partial charge is 0.392 e. The van der Waals surface area contributed by atoms with Crippen molar-refractivity contribution in [3.8, 4) is 11.3 Å². The molecule has 2 aliphatic carbocycles. The maximum Gasteiger partial charge on any atom is 0.0958 e. The van der Waals surface area contributed by atoms with Crippen LogP contribution in [-0.4, -0.2) is 16.2 Å². The molecule has 0 amide bonds. The van der Waals surface area contributed by atoms with E-state index in [2.05, 4.69) is 22.5 Å². The molecule has 1 aromatic carbocycles. The number of hydrogen-bond acceptors (Lipinski definition) is 3. The zero-order valence-electron chi connectivity index (χ0n) is 11.4.